The summed E-state index contributed by atoms with van der Waals surface area (Å²) in [6.07, 6.45) is 3.31. The molecule has 0 aliphatic heterocycles. The van der Waals surface area contributed by atoms with Gasteiger partial charge in [-0.15, -0.1) is 0 Å². The molecule has 0 radical (unpaired) electrons. The highest BCUT2D eigenvalue weighted by atomic mass is 19.1. The standard InChI is InChI=1S/C23H23FN4O3/c1-28-13-16(12-25-28)22(29)27-20(14-7-9-17(24)10-8-14)23(30)26-19-11-15-5-3-4-6-18(15)21(19)31-2/h3-10,12-13,19-21H,11H2,1-2H3,(H,26,30)(H,27,29)/t19?,20-,21?/m0/s1. The molecule has 1 aliphatic rings. The minimum absolute atomic E-state index is 0.284. The first-order chi connectivity index (χ1) is 15.0. The number of hydrogen-bond donors (Lipinski definition) is 2. The molecule has 31 heavy (non-hydrogen) atoms. The van der Waals surface area contributed by atoms with Crippen LogP contribution in [0.3, 0.4) is 0 Å². The number of halogens is 1. The molecule has 0 saturated carbocycles. The first-order valence-corrected chi connectivity index (χ1v) is 9.92. The highest BCUT2D eigenvalue weighted by molar-refractivity contribution is 5.97. The predicted molar refractivity (Wildman–Crippen MR) is 112 cm³/mol. The van der Waals surface area contributed by atoms with Gasteiger partial charge in [-0.25, -0.2) is 4.39 Å². The first-order valence-electron chi connectivity index (χ1n) is 9.92. The van der Waals surface area contributed by atoms with E-state index in [4.69, 9.17) is 4.74 Å². The monoisotopic (exact) mass is 422 g/mol. The molecule has 0 spiro atoms. The molecular weight excluding hydrogens is 399 g/mol. The van der Waals surface area contributed by atoms with Crippen molar-refractivity contribution in [1.29, 1.82) is 0 Å². The van der Waals surface area contributed by atoms with Gasteiger partial charge in [-0.2, -0.15) is 5.10 Å². The van der Waals surface area contributed by atoms with E-state index in [1.807, 2.05) is 24.3 Å². The summed E-state index contributed by atoms with van der Waals surface area (Å²) < 4.78 is 20.6. The van der Waals surface area contributed by atoms with E-state index >= 15 is 0 Å². The van der Waals surface area contributed by atoms with Crippen LogP contribution < -0.4 is 10.6 Å². The first kappa shape index (κ1) is 20.7. The molecule has 1 aromatic heterocycles. The summed E-state index contributed by atoms with van der Waals surface area (Å²) in [6.45, 7) is 0. The van der Waals surface area contributed by atoms with Gasteiger partial charge in [0, 0.05) is 20.4 Å². The number of ether oxygens (including phenoxy) is 1. The molecule has 1 heterocycles. The minimum atomic E-state index is -1.01. The SMILES string of the molecule is COC1c2ccccc2CC1NC(=O)[C@@H](NC(=O)c1cnn(C)c1)c1ccc(F)cc1. The van der Waals surface area contributed by atoms with Crippen LogP contribution in [0.15, 0.2) is 60.9 Å². The van der Waals surface area contributed by atoms with Gasteiger partial charge in [-0.1, -0.05) is 36.4 Å². The third kappa shape index (κ3) is 4.34. The second-order valence-corrected chi connectivity index (χ2v) is 7.54. The summed E-state index contributed by atoms with van der Waals surface area (Å²) in [5.74, 6) is -1.27. The molecule has 2 unspecified atom stereocenters. The van der Waals surface area contributed by atoms with Gasteiger partial charge in [-0.05, 0) is 35.2 Å². The molecule has 0 saturated heterocycles. The summed E-state index contributed by atoms with van der Waals surface area (Å²) in [5.41, 5.74) is 2.94. The molecule has 7 nitrogen and oxygen atoms in total. The van der Waals surface area contributed by atoms with Gasteiger partial charge >= 0.3 is 0 Å². The van der Waals surface area contributed by atoms with Crippen molar-refractivity contribution in [1.82, 2.24) is 20.4 Å². The largest absolute Gasteiger partial charge is 0.375 e. The van der Waals surface area contributed by atoms with Crippen LogP contribution in [0.2, 0.25) is 0 Å². The maximum absolute atomic E-state index is 13.4. The Hall–Kier alpha value is -3.52. The van der Waals surface area contributed by atoms with Crippen LogP contribution in [-0.4, -0.2) is 34.7 Å². The zero-order valence-electron chi connectivity index (χ0n) is 17.2. The van der Waals surface area contributed by atoms with Crippen LogP contribution in [0.5, 0.6) is 0 Å². The topological polar surface area (TPSA) is 85.2 Å². The summed E-state index contributed by atoms with van der Waals surface area (Å²) in [4.78, 5) is 26.0. The van der Waals surface area contributed by atoms with E-state index in [9.17, 15) is 14.0 Å². The van der Waals surface area contributed by atoms with Crippen LogP contribution in [0.4, 0.5) is 4.39 Å². The minimum Gasteiger partial charge on any atom is -0.375 e. The number of aryl methyl sites for hydroxylation is 1. The molecule has 3 atom stereocenters. The third-order valence-corrected chi connectivity index (χ3v) is 5.46. The lowest BCUT2D eigenvalue weighted by atomic mass is 10.0. The number of carbonyl (C=O) groups is 2. The molecular formula is C23H23FN4O3. The van der Waals surface area contributed by atoms with Gasteiger partial charge in [0.15, 0.2) is 0 Å². The molecule has 4 rings (SSSR count). The van der Waals surface area contributed by atoms with Gasteiger partial charge in [0.05, 0.1) is 17.8 Å². The van der Waals surface area contributed by atoms with E-state index in [1.54, 1.807) is 20.4 Å². The predicted octanol–water partition coefficient (Wildman–Crippen LogP) is 2.46. The van der Waals surface area contributed by atoms with Gasteiger partial charge in [-0.3, -0.25) is 14.3 Å². The van der Waals surface area contributed by atoms with E-state index < -0.39 is 23.7 Å². The van der Waals surface area contributed by atoms with Crippen LogP contribution >= 0.6 is 0 Å². The Morgan fingerprint density at radius 1 is 1.19 bits per heavy atom. The Balaban J connectivity index is 1.57. The number of nitrogens with one attached hydrogen (secondary N) is 2. The molecule has 2 aromatic carbocycles. The van der Waals surface area contributed by atoms with Crippen molar-refractivity contribution in [2.45, 2.75) is 24.6 Å². The molecule has 0 bridgehead atoms. The zero-order chi connectivity index (χ0) is 22.0. The number of aromatic nitrogens is 2. The number of hydrogen-bond acceptors (Lipinski definition) is 4. The second kappa shape index (κ2) is 8.69. The van der Waals surface area contributed by atoms with Crippen molar-refractivity contribution < 1.29 is 18.7 Å². The second-order valence-electron chi connectivity index (χ2n) is 7.54. The Morgan fingerprint density at radius 3 is 2.61 bits per heavy atom. The van der Waals surface area contributed by atoms with E-state index in [0.717, 1.165) is 11.1 Å². The number of rotatable bonds is 6. The van der Waals surface area contributed by atoms with Crippen LogP contribution in [0, 0.1) is 5.82 Å². The fraction of sp³-hybridized carbons (Fsp3) is 0.261. The van der Waals surface area contributed by atoms with Crippen molar-refractivity contribution >= 4 is 11.8 Å². The van der Waals surface area contributed by atoms with Gasteiger partial charge in [0.25, 0.3) is 5.91 Å². The summed E-state index contributed by atoms with van der Waals surface area (Å²) >= 11 is 0. The average molecular weight is 422 g/mol. The molecule has 1 aliphatic carbocycles. The van der Waals surface area contributed by atoms with E-state index in [0.29, 0.717) is 17.5 Å². The maximum atomic E-state index is 13.4. The highest BCUT2D eigenvalue weighted by Crippen LogP contribution is 2.34. The lowest BCUT2D eigenvalue weighted by Crippen LogP contribution is -2.46. The quantitative estimate of drug-likeness (QED) is 0.639. The molecule has 160 valence electrons. The maximum Gasteiger partial charge on any atom is 0.255 e. The third-order valence-electron chi connectivity index (χ3n) is 5.46. The fourth-order valence-corrected chi connectivity index (χ4v) is 3.95. The number of carbonyl (C=O) groups excluding carboxylic acids is 2. The van der Waals surface area contributed by atoms with E-state index in [-0.39, 0.29) is 12.1 Å². The number of fused-ring (bicyclic) bond motifs is 1. The summed E-state index contributed by atoms with van der Waals surface area (Å²) in [6, 6.07) is 12.1. The Morgan fingerprint density at radius 2 is 1.94 bits per heavy atom. The van der Waals surface area contributed by atoms with Crippen LogP contribution in [0.1, 0.15) is 39.2 Å². The van der Waals surface area contributed by atoms with Crippen molar-refractivity contribution in [2.24, 2.45) is 7.05 Å². The smallest absolute Gasteiger partial charge is 0.255 e. The average Bonchev–Trinajstić information content (AvgIpc) is 3.35. The lowest BCUT2D eigenvalue weighted by Gasteiger charge is -2.24. The number of methoxy groups -OCH3 is 1. The van der Waals surface area contributed by atoms with E-state index in [2.05, 4.69) is 15.7 Å². The zero-order valence-corrected chi connectivity index (χ0v) is 17.2. The number of nitrogens with zero attached hydrogens (tertiary/aromatic N) is 2. The van der Waals surface area contributed by atoms with Gasteiger partial charge < -0.3 is 15.4 Å². The highest BCUT2D eigenvalue weighted by Gasteiger charge is 2.35. The van der Waals surface area contributed by atoms with Gasteiger partial charge in [0.2, 0.25) is 5.91 Å². The Labute approximate surface area is 179 Å². The summed E-state index contributed by atoms with van der Waals surface area (Å²) in [5, 5.41) is 9.74. The summed E-state index contributed by atoms with van der Waals surface area (Å²) in [7, 11) is 3.30. The number of amides is 2. The van der Waals surface area contributed by atoms with Crippen molar-refractivity contribution in [3.8, 4) is 0 Å². The van der Waals surface area contributed by atoms with Crippen LogP contribution in [0.25, 0.3) is 0 Å². The molecule has 2 N–H and O–H groups in total. The molecule has 8 heteroatoms. The molecule has 3 aromatic rings. The van der Waals surface area contributed by atoms with Gasteiger partial charge in [0.1, 0.15) is 18.0 Å². The van der Waals surface area contributed by atoms with Crippen molar-refractivity contribution in [3.63, 3.8) is 0 Å². The normalized spacial score (nSPS) is 18.3. The Kier molecular flexibility index (Phi) is 5.81. The van der Waals surface area contributed by atoms with Crippen molar-refractivity contribution in [3.05, 3.63) is 89.0 Å². The van der Waals surface area contributed by atoms with Crippen LogP contribution in [-0.2, 0) is 23.0 Å². The Bertz CT molecular complexity index is 1100. The number of benzene rings is 2. The van der Waals surface area contributed by atoms with E-state index in [1.165, 1.54) is 35.1 Å². The molecule has 2 amide bonds. The van der Waals surface area contributed by atoms with Crippen molar-refractivity contribution in [2.75, 3.05) is 7.11 Å². The fourth-order valence-electron chi connectivity index (χ4n) is 3.95. The lowest BCUT2D eigenvalue weighted by molar-refractivity contribution is -0.124. The molecule has 0 fully saturated rings.